The average Bonchev–Trinajstić information content (AvgIpc) is 3.18. The molecule has 1 heterocycles. The van der Waals surface area contributed by atoms with Crippen molar-refractivity contribution in [3.8, 4) is 0 Å². The minimum Gasteiger partial charge on any atom is -0.376 e. The maximum Gasteiger partial charge on any atom is 0.193 e. The van der Waals surface area contributed by atoms with Crippen LogP contribution in [0.1, 0.15) is 12.0 Å². The zero-order valence-corrected chi connectivity index (χ0v) is 19.6. The Morgan fingerprint density at radius 3 is 2.57 bits per heavy atom. The van der Waals surface area contributed by atoms with Crippen molar-refractivity contribution in [1.29, 1.82) is 0 Å². The van der Waals surface area contributed by atoms with Gasteiger partial charge in [-0.3, -0.25) is 4.99 Å². The van der Waals surface area contributed by atoms with E-state index in [0.29, 0.717) is 12.5 Å². The van der Waals surface area contributed by atoms with Gasteiger partial charge in [-0.25, -0.2) is 0 Å². The van der Waals surface area contributed by atoms with Crippen LogP contribution < -0.4 is 5.32 Å². The van der Waals surface area contributed by atoms with Crippen LogP contribution >= 0.6 is 35.7 Å². The SMILES string of the molecule is CN=C(NCCSc1ccccc1)N1CCC(COCc2ccccc2)C1.I. The lowest BCUT2D eigenvalue weighted by atomic mass is 10.1. The van der Waals surface area contributed by atoms with Gasteiger partial charge >= 0.3 is 0 Å². The second-order valence-corrected chi connectivity index (χ2v) is 7.91. The molecule has 0 saturated carbocycles. The zero-order chi connectivity index (χ0) is 18.7. The number of likely N-dealkylation sites (tertiary alicyclic amines) is 1. The first kappa shape index (κ1) is 23.0. The molecular weight excluding hydrogens is 481 g/mol. The van der Waals surface area contributed by atoms with Gasteiger partial charge in [0.25, 0.3) is 0 Å². The zero-order valence-electron chi connectivity index (χ0n) is 16.4. The molecule has 6 heteroatoms. The molecule has 2 aromatic rings. The predicted octanol–water partition coefficient (Wildman–Crippen LogP) is 4.51. The second kappa shape index (κ2) is 13.1. The standard InChI is InChI=1S/C22H29N3OS.HI/c1-23-22(24-13-15-27-21-10-6-3-7-11-21)25-14-12-20(16-25)18-26-17-19-8-4-2-5-9-19;/h2-11,20H,12-18H2,1H3,(H,23,24);1H. The van der Waals surface area contributed by atoms with E-state index in [2.05, 4.69) is 69.8 Å². The van der Waals surface area contributed by atoms with Crippen LogP contribution in [0.4, 0.5) is 0 Å². The minimum absolute atomic E-state index is 0. The lowest BCUT2D eigenvalue weighted by Gasteiger charge is -2.21. The van der Waals surface area contributed by atoms with E-state index in [1.165, 1.54) is 10.5 Å². The Labute approximate surface area is 190 Å². The molecule has 1 saturated heterocycles. The highest BCUT2D eigenvalue weighted by Gasteiger charge is 2.24. The number of aliphatic imine (C=N–C) groups is 1. The Morgan fingerprint density at radius 2 is 1.86 bits per heavy atom. The topological polar surface area (TPSA) is 36.9 Å². The van der Waals surface area contributed by atoms with E-state index in [1.807, 2.05) is 24.9 Å². The molecule has 3 rings (SSSR count). The third-order valence-corrected chi connectivity index (χ3v) is 5.67. The van der Waals surface area contributed by atoms with Crippen molar-refractivity contribution in [2.45, 2.75) is 17.9 Å². The summed E-state index contributed by atoms with van der Waals surface area (Å²) < 4.78 is 5.92. The van der Waals surface area contributed by atoms with E-state index in [4.69, 9.17) is 4.74 Å². The molecule has 1 atom stereocenters. The maximum atomic E-state index is 5.92. The van der Waals surface area contributed by atoms with Gasteiger partial charge in [-0.05, 0) is 24.1 Å². The molecular formula is C22H30IN3OS. The normalized spacial score (nSPS) is 16.7. The van der Waals surface area contributed by atoms with E-state index < -0.39 is 0 Å². The van der Waals surface area contributed by atoms with Crippen LogP contribution in [-0.2, 0) is 11.3 Å². The quantitative estimate of drug-likeness (QED) is 0.186. The second-order valence-electron chi connectivity index (χ2n) is 6.74. The van der Waals surface area contributed by atoms with Crippen molar-refractivity contribution in [2.24, 2.45) is 10.9 Å². The molecule has 0 radical (unpaired) electrons. The Balaban J connectivity index is 0.00000280. The Hall–Kier alpha value is -1.25. The van der Waals surface area contributed by atoms with Gasteiger partial charge in [0.1, 0.15) is 0 Å². The maximum absolute atomic E-state index is 5.92. The molecule has 1 N–H and O–H groups in total. The Bertz CT molecular complexity index is 699. The van der Waals surface area contributed by atoms with Crippen molar-refractivity contribution in [3.05, 3.63) is 66.2 Å². The lowest BCUT2D eigenvalue weighted by Crippen LogP contribution is -2.41. The largest absolute Gasteiger partial charge is 0.376 e. The summed E-state index contributed by atoms with van der Waals surface area (Å²) in [6, 6.07) is 20.9. The monoisotopic (exact) mass is 511 g/mol. The number of ether oxygens (including phenoxy) is 1. The fourth-order valence-corrected chi connectivity index (χ4v) is 4.05. The summed E-state index contributed by atoms with van der Waals surface area (Å²) in [6.07, 6.45) is 1.16. The summed E-state index contributed by atoms with van der Waals surface area (Å²) in [6.45, 7) is 4.48. The highest BCUT2D eigenvalue weighted by atomic mass is 127. The van der Waals surface area contributed by atoms with Crippen LogP contribution in [0, 0.1) is 5.92 Å². The molecule has 1 aliphatic heterocycles. The fraction of sp³-hybridized carbons (Fsp3) is 0.409. The molecule has 28 heavy (non-hydrogen) atoms. The van der Waals surface area contributed by atoms with E-state index >= 15 is 0 Å². The number of nitrogens with zero attached hydrogens (tertiary/aromatic N) is 2. The molecule has 0 aliphatic carbocycles. The molecule has 1 aliphatic rings. The van der Waals surface area contributed by atoms with Gasteiger partial charge in [0.05, 0.1) is 13.2 Å². The number of guanidine groups is 1. The van der Waals surface area contributed by atoms with Crippen LogP contribution in [0.5, 0.6) is 0 Å². The highest BCUT2D eigenvalue weighted by Crippen LogP contribution is 2.18. The van der Waals surface area contributed by atoms with E-state index in [-0.39, 0.29) is 24.0 Å². The Morgan fingerprint density at radius 1 is 1.14 bits per heavy atom. The smallest absolute Gasteiger partial charge is 0.193 e. The van der Waals surface area contributed by atoms with Crippen molar-refractivity contribution in [1.82, 2.24) is 10.2 Å². The van der Waals surface area contributed by atoms with Crippen LogP contribution in [0.3, 0.4) is 0 Å². The van der Waals surface area contributed by atoms with Crippen molar-refractivity contribution >= 4 is 41.7 Å². The van der Waals surface area contributed by atoms with E-state index in [0.717, 1.165) is 44.4 Å². The summed E-state index contributed by atoms with van der Waals surface area (Å²) >= 11 is 1.87. The van der Waals surface area contributed by atoms with Gasteiger partial charge in [0, 0.05) is 43.2 Å². The van der Waals surface area contributed by atoms with Crippen molar-refractivity contribution < 1.29 is 4.74 Å². The van der Waals surface area contributed by atoms with Crippen molar-refractivity contribution in [2.75, 3.05) is 39.0 Å². The van der Waals surface area contributed by atoms with Crippen molar-refractivity contribution in [3.63, 3.8) is 0 Å². The average molecular weight is 511 g/mol. The summed E-state index contributed by atoms with van der Waals surface area (Å²) in [5.74, 6) is 2.61. The number of hydrogen-bond donors (Lipinski definition) is 1. The predicted molar refractivity (Wildman–Crippen MR) is 130 cm³/mol. The van der Waals surface area contributed by atoms with Gasteiger partial charge in [-0.2, -0.15) is 0 Å². The van der Waals surface area contributed by atoms with E-state index in [9.17, 15) is 0 Å². The molecule has 1 unspecified atom stereocenters. The van der Waals surface area contributed by atoms with Crippen LogP contribution in [0.2, 0.25) is 0 Å². The first-order valence-electron chi connectivity index (χ1n) is 9.60. The Kier molecular flexibility index (Phi) is 10.7. The van der Waals surface area contributed by atoms with Crippen LogP contribution in [-0.4, -0.2) is 49.9 Å². The number of hydrogen-bond acceptors (Lipinski definition) is 3. The lowest BCUT2D eigenvalue weighted by molar-refractivity contribution is 0.0907. The van der Waals surface area contributed by atoms with Crippen LogP contribution in [0.25, 0.3) is 0 Å². The fourth-order valence-electron chi connectivity index (χ4n) is 3.26. The van der Waals surface area contributed by atoms with Gasteiger partial charge in [-0.1, -0.05) is 48.5 Å². The number of thioether (sulfide) groups is 1. The summed E-state index contributed by atoms with van der Waals surface area (Å²) in [5.41, 5.74) is 1.24. The van der Waals surface area contributed by atoms with Gasteiger partial charge in [-0.15, -0.1) is 35.7 Å². The first-order chi connectivity index (χ1) is 13.3. The minimum atomic E-state index is 0. The summed E-state index contributed by atoms with van der Waals surface area (Å²) in [5, 5.41) is 3.50. The van der Waals surface area contributed by atoms with Crippen LogP contribution in [0.15, 0.2) is 70.6 Å². The van der Waals surface area contributed by atoms with Gasteiger partial charge in [0.15, 0.2) is 5.96 Å². The first-order valence-corrected chi connectivity index (χ1v) is 10.6. The molecule has 0 bridgehead atoms. The number of halogens is 1. The third kappa shape index (κ3) is 7.64. The number of benzene rings is 2. The molecule has 1 fully saturated rings. The number of rotatable bonds is 8. The molecule has 2 aromatic carbocycles. The molecule has 152 valence electrons. The third-order valence-electron chi connectivity index (χ3n) is 4.66. The molecule has 4 nitrogen and oxygen atoms in total. The molecule has 0 amide bonds. The number of nitrogens with one attached hydrogen (secondary N) is 1. The van der Waals surface area contributed by atoms with Gasteiger partial charge < -0.3 is 15.0 Å². The highest BCUT2D eigenvalue weighted by molar-refractivity contribution is 14.0. The summed E-state index contributed by atoms with van der Waals surface area (Å²) in [4.78, 5) is 8.12. The molecule has 0 aromatic heterocycles. The van der Waals surface area contributed by atoms with E-state index in [1.54, 1.807) is 0 Å². The van der Waals surface area contributed by atoms with Gasteiger partial charge in [0.2, 0.25) is 0 Å². The molecule has 0 spiro atoms. The summed E-state index contributed by atoms with van der Waals surface area (Å²) in [7, 11) is 1.87.